The van der Waals surface area contributed by atoms with Gasteiger partial charge in [0.15, 0.2) is 0 Å². The predicted molar refractivity (Wildman–Crippen MR) is 153 cm³/mol. The molecule has 0 radical (unpaired) electrons. The summed E-state index contributed by atoms with van der Waals surface area (Å²) >= 11 is 0. The number of para-hydroxylation sites is 2. The molecule has 0 aliphatic heterocycles. The molecule has 0 N–H and O–H groups in total. The predicted octanol–water partition coefficient (Wildman–Crippen LogP) is 7.83. The number of rotatable bonds is 3. The molecule has 6 rings (SSSR count). The van der Waals surface area contributed by atoms with Crippen LogP contribution in [0.15, 0.2) is 83.4 Å². The minimum absolute atomic E-state index is 0.137. The van der Waals surface area contributed by atoms with Gasteiger partial charge in [-0.05, 0) is 30.3 Å². The van der Waals surface area contributed by atoms with Crippen molar-refractivity contribution in [3.05, 3.63) is 84.7 Å². The molecule has 0 saturated heterocycles. The van der Waals surface area contributed by atoms with E-state index >= 15 is 0 Å². The van der Waals surface area contributed by atoms with Crippen LogP contribution in [-0.4, -0.2) is 22.6 Å². The molecule has 36 heavy (non-hydrogen) atoms. The van der Waals surface area contributed by atoms with E-state index in [-0.39, 0.29) is 5.41 Å². The van der Waals surface area contributed by atoms with Crippen molar-refractivity contribution >= 4 is 46.2 Å². The van der Waals surface area contributed by atoms with Gasteiger partial charge < -0.3 is 4.42 Å². The van der Waals surface area contributed by atoms with Gasteiger partial charge in [0.25, 0.3) is 0 Å². The van der Waals surface area contributed by atoms with Gasteiger partial charge in [0, 0.05) is 28.1 Å². The summed E-state index contributed by atoms with van der Waals surface area (Å²) in [5.41, 5.74) is 6.72. The average Bonchev–Trinajstić information content (AvgIpc) is 3.41. The minimum Gasteiger partial charge on any atom is -0.455 e. The standard InChI is InChI=1S/C31H31N3OSi/c1-31(2,3)29-27-25(17-18-32-29)33-30(34(27)20-11-8-7-9-12-20)24-14-10-13-23-22-16-15-21(36(4,5)6)19-26(22)35-28(23)24/h7-19H,1-6H3. The van der Waals surface area contributed by atoms with Crippen LogP contribution in [0.1, 0.15) is 26.5 Å². The number of nitrogens with zero attached hydrogens (tertiary/aromatic N) is 3. The lowest BCUT2D eigenvalue weighted by Gasteiger charge is -2.20. The molecule has 6 aromatic rings. The highest BCUT2D eigenvalue weighted by molar-refractivity contribution is 6.88. The largest absolute Gasteiger partial charge is 0.455 e. The monoisotopic (exact) mass is 489 g/mol. The third kappa shape index (κ3) is 3.57. The fourth-order valence-corrected chi connectivity index (χ4v) is 6.17. The molecule has 3 heterocycles. The molecule has 4 nitrogen and oxygen atoms in total. The Morgan fingerprint density at radius 2 is 1.61 bits per heavy atom. The summed E-state index contributed by atoms with van der Waals surface area (Å²) < 4.78 is 8.86. The second kappa shape index (κ2) is 7.90. The Labute approximate surface area is 212 Å². The highest BCUT2D eigenvalue weighted by Crippen LogP contribution is 2.39. The van der Waals surface area contributed by atoms with E-state index in [1.165, 1.54) is 5.19 Å². The van der Waals surface area contributed by atoms with E-state index < -0.39 is 8.07 Å². The molecule has 0 aliphatic carbocycles. The third-order valence-electron chi connectivity index (χ3n) is 6.90. The van der Waals surface area contributed by atoms with Crippen molar-refractivity contribution in [3.63, 3.8) is 0 Å². The first-order valence-electron chi connectivity index (χ1n) is 12.5. The number of aromatic nitrogens is 3. The van der Waals surface area contributed by atoms with E-state index in [1.54, 1.807) is 0 Å². The van der Waals surface area contributed by atoms with Crippen molar-refractivity contribution in [1.82, 2.24) is 14.5 Å². The van der Waals surface area contributed by atoms with Crippen LogP contribution in [0.25, 0.3) is 50.0 Å². The van der Waals surface area contributed by atoms with Crippen LogP contribution < -0.4 is 5.19 Å². The van der Waals surface area contributed by atoms with Crippen molar-refractivity contribution in [2.45, 2.75) is 45.8 Å². The number of pyridine rings is 1. The Balaban J connectivity index is 1.71. The number of hydrogen-bond donors (Lipinski definition) is 0. The van der Waals surface area contributed by atoms with Crippen LogP contribution >= 0.6 is 0 Å². The first-order chi connectivity index (χ1) is 17.1. The Kier molecular flexibility index (Phi) is 4.99. The molecule has 0 unspecified atom stereocenters. The van der Waals surface area contributed by atoms with Gasteiger partial charge in [-0.3, -0.25) is 9.55 Å². The van der Waals surface area contributed by atoms with E-state index in [4.69, 9.17) is 14.4 Å². The van der Waals surface area contributed by atoms with Crippen LogP contribution in [0, 0.1) is 0 Å². The first kappa shape index (κ1) is 22.7. The van der Waals surface area contributed by atoms with Gasteiger partial charge >= 0.3 is 0 Å². The highest BCUT2D eigenvalue weighted by Gasteiger charge is 2.26. The summed E-state index contributed by atoms with van der Waals surface area (Å²) in [4.78, 5) is 10.0. The van der Waals surface area contributed by atoms with E-state index in [2.05, 4.69) is 106 Å². The van der Waals surface area contributed by atoms with Crippen LogP contribution in [0.2, 0.25) is 19.6 Å². The van der Waals surface area contributed by atoms with Crippen molar-refractivity contribution in [2.24, 2.45) is 0 Å². The van der Waals surface area contributed by atoms with Crippen molar-refractivity contribution in [1.29, 1.82) is 0 Å². The van der Waals surface area contributed by atoms with E-state index in [1.807, 2.05) is 18.3 Å². The maximum absolute atomic E-state index is 6.61. The molecule has 0 atom stereocenters. The first-order valence-corrected chi connectivity index (χ1v) is 16.0. The van der Waals surface area contributed by atoms with E-state index in [0.29, 0.717) is 0 Å². The maximum atomic E-state index is 6.61. The number of benzene rings is 3. The second-order valence-electron chi connectivity index (χ2n) is 11.6. The molecule has 0 fully saturated rings. The molecule has 5 heteroatoms. The molecule has 0 spiro atoms. The van der Waals surface area contributed by atoms with Gasteiger partial charge in [0.2, 0.25) is 0 Å². The summed E-state index contributed by atoms with van der Waals surface area (Å²) in [7, 11) is -1.46. The summed E-state index contributed by atoms with van der Waals surface area (Å²) in [6, 6.07) is 25.6. The fraction of sp³-hybridized carbons (Fsp3) is 0.226. The Morgan fingerprint density at radius 3 is 2.33 bits per heavy atom. The number of fused-ring (bicyclic) bond motifs is 4. The third-order valence-corrected chi connectivity index (χ3v) is 8.94. The molecule has 3 aromatic carbocycles. The lowest BCUT2D eigenvalue weighted by molar-refractivity contribution is 0.573. The Hall–Kier alpha value is -3.70. The van der Waals surface area contributed by atoms with Crippen LogP contribution in [0.5, 0.6) is 0 Å². The van der Waals surface area contributed by atoms with E-state index in [9.17, 15) is 0 Å². The van der Waals surface area contributed by atoms with Crippen molar-refractivity contribution in [3.8, 4) is 17.1 Å². The molecular formula is C31H31N3OSi. The van der Waals surface area contributed by atoms with Gasteiger partial charge in [-0.25, -0.2) is 4.98 Å². The molecular weight excluding hydrogens is 458 g/mol. The Bertz CT molecular complexity index is 1750. The fourth-order valence-electron chi connectivity index (χ4n) is 5.02. The molecule has 3 aromatic heterocycles. The van der Waals surface area contributed by atoms with Gasteiger partial charge in [0.05, 0.1) is 30.4 Å². The number of hydrogen-bond acceptors (Lipinski definition) is 3. The molecule has 0 bridgehead atoms. The zero-order valence-electron chi connectivity index (χ0n) is 21.8. The lowest BCUT2D eigenvalue weighted by atomic mass is 9.90. The molecule has 180 valence electrons. The normalized spacial score (nSPS) is 12.7. The van der Waals surface area contributed by atoms with Crippen LogP contribution in [-0.2, 0) is 5.41 Å². The van der Waals surface area contributed by atoms with Crippen molar-refractivity contribution in [2.75, 3.05) is 0 Å². The molecule has 0 aliphatic rings. The molecule has 0 saturated carbocycles. The number of furan rings is 1. The van der Waals surface area contributed by atoms with Crippen LogP contribution in [0.4, 0.5) is 0 Å². The minimum atomic E-state index is -1.46. The summed E-state index contributed by atoms with van der Waals surface area (Å²) in [6.07, 6.45) is 1.87. The SMILES string of the molecule is CC(C)(C)c1nccc2nc(-c3cccc4c3oc3cc([Si](C)(C)C)ccc34)n(-c3ccccc3)c12. The zero-order valence-corrected chi connectivity index (χ0v) is 22.8. The van der Waals surface area contributed by atoms with E-state index in [0.717, 1.165) is 55.7 Å². The summed E-state index contributed by atoms with van der Waals surface area (Å²) in [5, 5.41) is 3.66. The van der Waals surface area contributed by atoms with Gasteiger partial charge in [-0.2, -0.15) is 0 Å². The summed E-state index contributed by atoms with van der Waals surface area (Å²) in [6.45, 7) is 13.7. The Morgan fingerprint density at radius 1 is 0.833 bits per heavy atom. The quantitative estimate of drug-likeness (QED) is 0.238. The van der Waals surface area contributed by atoms with Crippen molar-refractivity contribution < 1.29 is 4.42 Å². The maximum Gasteiger partial charge on any atom is 0.149 e. The zero-order chi connectivity index (χ0) is 25.2. The summed E-state index contributed by atoms with van der Waals surface area (Å²) in [5.74, 6) is 0.866. The van der Waals surface area contributed by atoms with Gasteiger partial charge in [-0.15, -0.1) is 0 Å². The molecule has 0 amide bonds. The topological polar surface area (TPSA) is 43.9 Å². The smallest absolute Gasteiger partial charge is 0.149 e. The van der Waals surface area contributed by atoms with Gasteiger partial charge in [0.1, 0.15) is 17.0 Å². The van der Waals surface area contributed by atoms with Gasteiger partial charge in [-0.1, -0.05) is 88.1 Å². The number of imidazole rings is 1. The van der Waals surface area contributed by atoms with Crippen LogP contribution in [0.3, 0.4) is 0 Å². The highest BCUT2D eigenvalue weighted by atomic mass is 28.3. The average molecular weight is 490 g/mol. The second-order valence-corrected chi connectivity index (χ2v) is 16.7. The lowest BCUT2D eigenvalue weighted by Crippen LogP contribution is -2.37.